The van der Waals surface area contributed by atoms with Gasteiger partial charge >= 0.3 is 0 Å². The van der Waals surface area contributed by atoms with Crippen LogP contribution < -0.4 is 0 Å². The van der Waals surface area contributed by atoms with Gasteiger partial charge in [-0.2, -0.15) is 0 Å². The molecule has 2 aliphatic carbocycles. The zero-order valence-corrected chi connectivity index (χ0v) is 16.6. The smallest absolute Gasteiger partial charge is 0.130 e. The Morgan fingerprint density at radius 2 is 1.00 bits per heavy atom. The van der Waals surface area contributed by atoms with E-state index in [0.29, 0.717) is 23.3 Å². The fraction of sp³-hybridized carbons (Fsp3) is 0.455. The maximum Gasteiger partial charge on any atom is 0.130 e. The summed E-state index contributed by atoms with van der Waals surface area (Å²) in [7, 11) is 3.09. The van der Waals surface area contributed by atoms with Crippen LogP contribution >= 0.6 is 21.6 Å². The third-order valence-corrected chi connectivity index (χ3v) is 8.27. The molecule has 0 radical (unpaired) electrons. The Labute approximate surface area is 163 Å². The summed E-state index contributed by atoms with van der Waals surface area (Å²) in [5.41, 5.74) is 2.68. The van der Waals surface area contributed by atoms with Gasteiger partial charge in [-0.25, -0.2) is 0 Å². The molecule has 2 saturated carbocycles. The molecular weight excluding hydrogens is 360 g/mol. The summed E-state index contributed by atoms with van der Waals surface area (Å²) in [5.74, 6) is 1.93. The first-order valence-corrected chi connectivity index (χ1v) is 11.9. The van der Waals surface area contributed by atoms with Crippen molar-refractivity contribution >= 4 is 21.6 Å². The van der Waals surface area contributed by atoms with Gasteiger partial charge in [0.15, 0.2) is 0 Å². The second kappa shape index (κ2) is 8.18. The van der Waals surface area contributed by atoms with E-state index < -0.39 is 0 Å². The highest BCUT2D eigenvalue weighted by Gasteiger charge is 2.20. The molecule has 0 spiro atoms. The molecule has 2 N–H and O–H groups in total. The number of rotatable bonds is 5. The molecule has 2 aromatic rings. The summed E-state index contributed by atoms with van der Waals surface area (Å²) >= 11 is 0. The van der Waals surface area contributed by atoms with Crippen molar-refractivity contribution in [2.75, 3.05) is 0 Å². The molecular formula is C22H26O2S2. The Morgan fingerprint density at radius 3 is 1.38 bits per heavy atom. The maximum atomic E-state index is 10.3. The molecule has 2 fully saturated rings. The van der Waals surface area contributed by atoms with Crippen LogP contribution in [0.25, 0.3) is 0 Å². The summed E-state index contributed by atoms with van der Waals surface area (Å²) in [6.45, 7) is 0. The second-order valence-corrected chi connectivity index (χ2v) is 9.80. The Bertz CT molecular complexity index is 697. The van der Waals surface area contributed by atoms with Gasteiger partial charge < -0.3 is 10.2 Å². The van der Waals surface area contributed by atoms with E-state index >= 15 is 0 Å². The first kappa shape index (κ1) is 18.1. The SMILES string of the molecule is Oc1ccc(C2CCCC2)cc1SSc1cc(C2CCCC2)ccc1O. The van der Waals surface area contributed by atoms with E-state index in [1.54, 1.807) is 21.6 Å². The molecule has 4 rings (SSSR count). The molecule has 0 aromatic heterocycles. The molecule has 26 heavy (non-hydrogen) atoms. The van der Waals surface area contributed by atoms with Crippen molar-refractivity contribution in [3.63, 3.8) is 0 Å². The van der Waals surface area contributed by atoms with Crippen molar-refractivity contribution in [1.82, 2.24) is 0 Å². The van der Waals surface area contributed by atoms with E-state index in [4.69, 9.17) is 0 Å². The van der Waals surface area contributed by atoms with Crippen LogP contribution in [-0.2, 0) is 0 Å². The molecule has 0 heterocycles. The highest BCUT2D eigenvalue weighted by molar-refractivity contribution is 8.76. The fourth-order valence-electron chi connectivity index (χ4n) is 4.31. The van der Waals surface area contributed by atoms with Crippen molar-refractivity contribution < 1.29 is 10.2 Å². The van der Waals surface area contributed by atoms with Gasteiger partial charge in [0.25, 0.3) is 0 Å². The largest absolute Gasteiger partial charge is 0.507 e. The minimum atomic E-state index is 0.329. The van der Waals surface area contributed by atoms with Gasteiger partial charge in [-0.3, -0.25) is 0 Å². The summed E-state index contributed by atoms with van der Waals surface area (Å²) in [6.07, 6.45) is 10.3. The highest BCUT2D eigenvalue weighted by atomic mass is 33.1. The lowest BCUT2D eigenvalue weighted by Gasteiger charge is -2.14. The molecule has 0 atom stereocenters. The molecule has 0 amide bonds. The van der Waals surface area contributed by atoms with Crippen molar-refractivity contribution in [2.24, 2.45) is 0 Å². The highest BCUT2D eigenvalue weighted by Crippen LogP contribution is 2.47. The quantitative estimate of drug-likeness (QED) is 0.533. The van der Waals surface area contributed by atoms with Gasteiger partial charge in [-0.1, -0.05) is 37.8 Å². The average Bonchev–Trinajstić information content (AvgIpc) is 3.36. The number of phenolic OH excluding ortho intramolecular Hbond substituents is 2. The zero-order valence-electron chi connectivity index (χ0n) is 15.0. The van der Waals surface area contributed by atoms with Gasteiger partial charge in [0.1, 0.15) is 11.5 Å². The van der Waals surface area contributed by atoms with E-state index in [0.717, 1.165) is 9.79 Å². The first-order chi connectivity index (χ1) is 12.7. The molecule has 0 bridgehead atoms. The topological polar surface area (TPSA) is 40.5 Å². The van der Waals surface area contributed by atoms with Crippen molar-refractivity contribution in [3.05, 3.63) is 47.5 Å². The standard InChI is InChI=1S/C22H26O2S2/c23-19-11-9-17(15-5-1-2-6-15)13-21(19)25-26-22-14-18(10-12-20(22)24)16-7-3-4-8-16/h9-16,23-24H,1-8H2. The Morgan fingerprint density at radius 1 is 0.615 bits per heavy atom. The van der Waals surface area contributed by atoms with E-state index in [-0.39, 0.29) is 0 Å². The normalized spacial score (nSPS) is 18.6. The van der Waals surface area contributed by atoms with E-state index in [1.165, 1.54) is 62.5 Å². The predicted octanol–water partition coefficient (Wildman–Crippen LogP) is 7.21. The second-order valence-electron chi connectivity index (χ2n) is 7.58. The van der Waals surface area contributed by atoms with Crippen molar-refractivity contribution in [2.45, 2.75) is 73.0 Å². The lowest BCUT2D eigenvalue weighted by Crippen LogP contribution is -1.92. The minimum Gasteiger partial charge on any atom is -0.507 e. The fourth-order valence-corrected chi connectivity index (χ4v) is 6.51. The number of hydrogen-bond donors (Lipinski definition) is 2. The number of phenols is 2. The minimum absolute atomic E-state index is 0.329. The Hall–Kier alpha value is -1.26. The van der Waals surface area contributed by atoms with Crippen molar-refractivity contribution in [1.29, 1.82) is 0 Å². The average molecular weight is 387 g/mol. The van der Waals surface area contributed by atoms with Crippen LogP contribution in [0.5, 0.6) is 11.5 Å². The lowest BCUT2D eigenvalue weighted by molar-refractivity contribution is 0.461. The molecule has 0 aliphatic heterocycles. The van der Waals surface area contributed by atoms with Gasteiger partial charge in [-0.15, -0.1) is 0 Å². The number of benzene rings is 2. The molecule has 0 saturated heterocycles. The van der Waals surface area contributed by atoms with Crippen LogP contribution in [-0.4, -0.2) is 10.2 Å². The molecule has 4 heteroatoms. The number of hydrogen-bond acceptors (Lipinski definition) is 4. The van der Waals surface area contributed by atoms with Crippen LogP contribution in [0.4, 0.5) is 0 Å². The van der Waals surface area contributed by atoms with Gasteiger partial charge in [0, 0.05) is 0 Å². The lowest BCUT2D eigenvalue weighted by atomic mass is 9.98. The van der Waals surface area contributed by atoms with Gasteiger partial charge in [0.05, 0.1) is 9.79 Å². The molecule has 138 valence electrons. The predicted molar refractivity (Wildman–Crippen MR) is 110 cm³/mol. The van der Waals surface area contributed by atoms with Crippen molar-refractivity contribution in [3.8, 4) is 11.5 Å². The summed E-state index contributed by atoms with van der Waals surface area (Å²) in [5, 5.41) is 20.5. The van der Waals surface area contributed by atoms with E-state index in [2.05, 4.69) is 24.3 Å². The number of aromatic hydroxyl groups is 2. The zero-order chi connectivity index (χ0) is 17.9. The molecule has 0 unspecified atom stereocenters. The molecule has 2 aromatic carbocycles. The van der Waals surface area contributed by atoms with Crippen LogP contribution in [0.15, 0.2) is 46.2 Å². The summed E-state index contributed by atoms with van der Waals surface area (Å²) in [6, 6.07) is 12.1. The van der Waals surface area contributed by atoms with Gasteiger partial charge in [-0.05, 0) is 94.5 Å². The van der Waals surface area contributed by atoms with Crippen LogP contribution in [0.3, 0.4) is 0 Å². The van der Waals surface area contributed by atoms with E-state index in [1.807, 2.05) is 12.1 Å². The van der Waals surface area contributed by atoms with Crippen LogP contribution in [0, 0.1) is 0 Å². The van der Waals surface area contributed by atoms with Crippen LogP contribution in [0.2, 0.25) is 0 Å². The summed E-state index contributed by atoms with van der Waals surface area (Å²) < 4.78 is 0. The monoisotopic (exact) mass is 386 g/mol. The van der Waals surface area contributed by atoms with E-state index in [9.17, 15) is 10.2 Å². The third-order valence-electron chi connectivity index (χ3n) is 5.84. The third kappa shape index (κ3) is 4.01. The summed E-state index contributed by atoms with van der Waals surface area (Å²) in [4.78, 5) is 1.79. The Kier molecular flexibility index (Phi) is 5.70. The maximum absolute atomic E-state index is 10.3. The molecule has 2 nitrogen and oxygen atoms in total. The first-order valence-electron chi connectivity index (χ1n) is 9.71. The van der Waals surface area contributed by atoms with Gasteiger partial charge in [0.2, 0.25) is 0 Å². The Balaban J connectivity index is 1.49. The molecule has 2 aliphatic rings. The van der Waals surface area contributed by atoms with Crippen LogP contribution in [0.1, 0.15) is 74.3 Å².